The van der Waals surface area contributed by atoms with E-state index in [1.165, 1.54) is 18.7 Å². The Balaban J connectivity index is 1.51. The summed E-state index contributed by atoms with van der Waals surface area (Å²) in [4.78, 5) is 23.7. The molecule has 0 aliphatic carbocycles. The number of benzene rings is 2. The zero-order valence-electron chi connectivity index (χ0n) is 18.6. The molecule has 34 heavy (non-hydrogen) atoms. The predicted octanol–water partition coefficient (Wildman–Crippen LogP) is 5.72. The molecule has 3 rings (SSSR count). The van der Waals surface area contributed by atoms with Crippen molar-refractivity contribution in [2.24, 2.45) is 0 Å². The number of anilines is 1. The molecule has 1 aromatic heterocycles. The molecule has 10 heteroatoms. The fraction of sp³-hybridized carbons (Fsp3) is 0.250. The van der Waals surface area contributed by atoms with Gasteiger partial charge in [0.15, 0.2) is 10.9 Å². The molecule has 1 N–H and O–H groups in total. The molecule has 1 amide bonds. The SMILES string of the molecule is C=CCn1c(CCCOc2ccc(Cl)cc2Cl)nnc1SCC(=O)Nc1ccc(C(C)=O)cc1. The molecule has 0 spiro atoms. The number of thioether (sulfide) groups is 1. The molecule has 0 fully saturated rings. The van der Waals surface area contributed by atoms with Gasteiger partial charge in [0, 0.05) is 29.2 Å². The number of halogens is 2. The molecular formula is C24H24Cl2N4O3S. The van der Waals surface area contributed by atoms with Crippen LogP contribution in [0.25, 0.3) is 0 Å². The van der Waals surface area contributed by atoms with Gasteiger partial charge in [-0.1, -0.05) is 41.0 Å². The second kappa shape index (κ2) is 12.6. The van der Waals surface area contributed by atoms with Crippen molar-refractivity contribution in [3.05, 3.63) is 76.6 Å². The van der Waals surface area contributed by atoms with E-state index in [1.807, 2.05) is 4.57 Å². The highest BCUT2D eigenvalue weighted by Crippen LogP contribution is 2.27. The minimum Gasteiger partial charge on any atom is -0.492 e. The van der Waals surface area contributed by atoms with Gasteiger partial charge in [0.1, 0.15) is 11.6 Å². The van der Waals surface area contributed by atoms with Crippen LogP contribution in [0.5, 0.6) is 5.75 Å². The lowest BCUT2D eigenvalue weighted by Gasteiger charge is -2.10. The monoisotopic (exact) mass is 518 g/mol. The minimum atomic E-state index is -0.177. The first-order valence-corrected chi connectivity index (χ1v) is 12.3. The summed E-state index contributed by atoms with van der Waals surface area (Å²) in [6.45, 7) is 6.29. The Morgan fingerprint density at radius 2 is 1.94 bits per heavy atom. The number of nitrogens with zero attached hydrogens (tertiary/aromatic N) is 3. The third kappa shape index (κ3) is 7.35. The number of aromatic nitrogens is 3. The molecule has 0 radical (unpaired) electrons. The minimum absolute atomic E-state index is 0.0221. The van der Waals surface area contributed by atoms with E-state index in [9.17, 15) is 9.59 Å². The largest absolute Gasteiger partial charge is 0.492 e. The van der Waals surface area contributed by atoms with Crippen molar-refractivity contribution < 1.29 is 14.3 Å². The summed E-state index contributed by atoms with van der Waals surface area (Å²) >= 11 is 13.3. The van der Waals surface area contributed by atoms with E-state index in [0.717, 1.165) is 5.82 Å². The molecular weight excluding hydrogens is 495 g/mol. The van der Waals surface area contributed by atoms with Gasteiger partial charge in [-0.2, -0.15) is 0 Å². The van der Waals surface area contributed by atoms with Crippen molar-refractivity contribution >= 4 is 52.3 Å². The summed E-state index contributed by atoms with van der Waals surface area (Å²) < 4.78 is 7.66. The van der Waals surface area contributed by atoms with Gasteiger partial charge in [-0.15, -0.1) is 16.8 Å². The van der Waals surface area contributed by atoms with Gasteiger partial charge in [0.2, 0.25) is 5.91 Å². The summed E-state index contributed by atoms with van der Waals surface area (Å²) in [5, 5.41) is 13.0. The number of carbonyl (C=O) groups is 2. The summed E-state index contributed by atoms with van der Waals surface area (Å²) in [6.07, 6.45) is 3.11. The number of rotatable bonds is 12. The molecule has 0 aliphatic rings. The molecule has 0 atom stereocenters. The lowest BCUT2D eigenvalue weighted by Crippen LogP contribution is -2.15. The lowest BCUT2D eigenvalue weighted by atomic mass is 10.1. The van der Waals surface area contributed by atoms with Crippen LogP contribution in [0.2, 0.25) is 10.0 Å². The van der Waals surface area contributed by atoms with Crippen LogP contribution in [-0.2, 0) is 17.8 Å². The molecule has 0 saturated heterocycles. The third-order valence-corrected chi connectivity index (χ3v) is 6.21. The smallest absolute Gasteiger partial charge is 0.234 e. The number of carbonyl (C=O) groups excluding carboxylic acids is 2. The molecule has 7 nitrogen and oxygen atoms in total. The summed E-state index contributed by atoms with van der Waals surface area (Å²) in [5.74, 6) is 1.34. The number of hydrogen-bond donors (Lipinski definition) is 1. The third-order valence-electron chi connectivity index (χ3n) is 4.71. The first-order valence-electron chi connectivity index (χ1n) is 10.5. The molecule has 3 aromatic rings. The Labute approximate surface area is 212 Å². The number of nitrogens with one attached hydrogen (secondary N) is 1. The van der Waals surface area contributed by atoms with Crippen LogP contribution in [-0.4, -0.2) is 38.8 Å². The second-order valence-electron chi connectivity index (χ2n) is 7.30. The number of allylic oxidation sites excluding steroid dienone is 1. The Hall–Kier alpha value is -2.81. The van der Waals surface area contributed by atoms with E-state index < -0.39 is 0 Å². The number of amides is 1. The van der Waals surface area contributed by atoms with Crippen molar-refractivity contribution in [1.82, 2.24) is 14.8 Å². The number of Topliss-reactive ketones (excluding diaryl/α,β-unsaturated/α-hetero) is 1. The van der Waals surface area contributed by atoms with Gasteiger partial charge in [0.05, 0.1) is 17.4 Å². The Morgan fingerprint density at radius 3 is 2.62 bits per heavy atom. The van der Waals surface area contributed by atoms with Gasteiger partial charge >= 0.3 is 0 Å². The van der Waals surface area contributed by atoms with E-state index >= 15 is 0 Å². The first-order chi connectivity index (χ1) is 16.4. The topological polar surface area (TPSA) is 86.1 Å². The number of ether oxygens (including phenoxy) is 1. The molecule has 1 heterocycles. The average molecular weight is 519 g/mol. The van der Waals surface area contributed by atoms with Crippen LogP contribution in [0.1, 0.15) is 29.5 Å². The van der Waals surface area contributed by atoms with Crippen LogP contribution < -0.4 is 10.1 Å². The Morgan fingerprint density at radius 1 is 1.18 bits per heavy atom. The maximum Gasteiger partial charge on any atom is 0.234 e. The van der Waals surface area contributed by atoms with E-state index in [4.69, 9.17) is 27.9 Å². The number of hydrogen-bond acceptors (Lipinski definition) is 6. The van der Waals surface area contributed by atoms with Crippen molar-refractivity contribution in [3.63, 3.8) is 0 Å². The Bertz CT molecular complexity index is 1170. The highest BCUT2D eigenvalue weighted by atomic mass is 35.5. The lowest BCUT2D eigenvalue weighted by molar-refractivity contribution is -0.113. The quantitative estimate of drug-likeness (QED) is 0.143. The average Bonchev–Trinajstić information content (AvgIpc) is 3.18. The highest BCUT2D eigenvalue weighted by molar-refractivity contribution is 7.99. The fourth-order valence-electron chi connectivity index (χ4n) is 3.04. The predicted molar refractivity (Wildman–Crippen MR) is 136 cm³/mol. The molecule has 0 aliphatic heterocycles. The standard InChI is InChI=1S/C24H24Cl2N4O3S/c1-3-12-30-22(5-4-13-33-21-11-8-18(25)14-20(21)26)28-29-24(30)34-15-23(32)27-19-9-6-17(7-10-19)16(2)31/h3,6-11,14H,1,4-5,12-13,15H2,2H3,(H,27,32). The van der Waals surface area contributed by atoms with Gasteiger partial charge < -0.3 is 14.6 Å². The maximum atomic E-state index is 12.4. The van der Waals surface area contributed by atoms with Gasteiger partial charge in [0.25, 0.3) is 0 Å². The van der Waals surface area contributed by atoms with Crippen LogP contribution >= 0.6 is 35.0 Å². The normalized spacial score (nSPS) is 10.7. The van der Waals surface area contributed by atoms with Crippen LogP contribution in [0.15, 0.2) is 60.3 Å². The summed E-state index contributed by atoms with van der Waals surface area (Å²) in [5.41, 5.74) is 1.23. The molecule has 0 bridgehead atoms. The van der Waals surface area contributed by atoms with E-state index in [2.05, 4.69) is 22.1 Å². The van der Waals surface area contributed by atoms with Crippen LogP contribution in [0, 0.1) is 0 Å². The van der Waals surface area contributed by atoms with Gasteiger partial charge in [-0.3, -0.25) is 9.59 Å². The van der Waals surface area contributed by atoms with Crippen molar-refractivity contribution in [2.45, 2.75) is 31.5 Å². The number of ketones is 1. The van der Waals surface area contributed by atoms with Crippen molar-refractivity contribution in [3.8, 4) is 5.75 Å². The van der Waals surface area contributed by atoms with Gasteiger partial charge in [-0.25, -0.2) is 0 Å². The molecule has 0 saturated carbocycles. The van der Waals surface area contributed by atoms with E-state index in [0.29, 0.717) is 58.2 Å². The fourth-order valence-corrected chi connectivity index (χ4v) is 4.27. The Kier molecular flexibility index (Phi) is 9.56. The molecule has 2 aromatic carbocycles. The van der Waals surface area contributed by atoms with Crippen molar-refractivity contribution in [2.75, 3.05) is 17.7 Å². The second-order valence-corrected chi connectivity index (χ2v) is 9.08. The maximum absolute atomic E-state index is 12.4. The first kappa shape index (κ1) is 25.8. The van der Waals surface area contributed by atoms with E-state index in [1.54, 1.807) is 48.5 Å². The molecule has 178 valence electrons. The van der Waals surface area contributed by atoms with Crippen LogP contribution in [0.3, 0.4) is 0 Å². The van der Waals surface area contributed by atoms with Crippen LogP contribution in [0.4, 0.5) is 5.69 Å². The summed E-state index contributed by atoms with van der Waals surface area (Å²) in [6, 6.07) is 11.9. The summed E-state index contributed by atoms with van der Waals surface area (Å²) in [7, 11) is 0. The van der Waals surface area contributed by atoms with Crippen molar-refractivity contribution in [1.29, 1.82) is 0 Å². The highest BCUT2D eigenvalue weighted by Gasteiger charge is 2.14. The zero-order chi connectivity index (χ0) is 24.5. The number of aryl methyl sites for hydroxylation is 1. The van der Waals surface area contributed by atoms with E-state index in [-0.39, 0.29) is 17.4 Å². The zero-order valence-corrected chi connectivity index (χ0v) is 20.9. The molecule has 0 unspecified atom stereocenters. The van der Waals surface area contributed by atoms with Gasteiger partial charge in [-0.05, 0) is 55.8 Å².